The number of nitrogens with two attached hydrogens (primary N) is 1. The Balaban J connectivity index is 1.40. The van der Waals surface area contributed by atoms with Gasteiger partial charge in [0.25, 0.3) is 0 Å². The van der Waals surface area contributed by atoms with Gasteiger partial charge < -0.3 is 10.6 Å². The summed E-state index contributed by atoms with van der Waals surface area (Å²) in [6.45, 7) is 1.65. The molecule has 1 aliphatic carbocycles. The predicted molar refractivity (Wildman–Crippen MR) is 132 cm³/mol. The van der Waals surface area contributed by atoms with Gasteiger partial charge in [-0.1, -0.05) is 29.6 Å². The second-order valence-corrected chi connectivity index (χ2v) is 10.1. The Kier molecular flexibility index (Phi) is 4.96. The fourth-order valence-electron chi connectivity index (χ4n) is 5.67. The summed E-state index contributed by atoms with van der Waals surface area (Å²) in [6, 6.07) is 6.18. The third kappa shape index (κ3) is 3.09. The van der Waals surface area contributed by atoms with Gasteiger partial charge in [-0.25, -0.2) is 4.98 Å². The topological polar surface area (TPSA) is 125 Å². The SMILES string of the molecule is Cn1nc2ccc(-c3[nH]nc4nc(N5CCC6(CCC[C@H]6N)CC5)nc(C#N)c34)c(Cl)c2c1Cl. The van der Waals surface area contributed by atoms with Crippen molar-refractivity contribution in [1.29, 1.82) is 5.26 Å². The van der Waals surface area contributed by atoms with Crippen LogP contribution < -0.4 is 10.6 Å². The maximum Gasteiger partial charge on any atom is 0.228 e. The number of fused-ring (bicyclic) bond motifs is 2. The maximum atomic E-state index is 9.95. The molecule has 4 heterocycles. The second-order valence-electron chi connectivity index (χ2n) is 9.37. The van der Waals surface area contributed by atoms with Gasteiger partial charge >= 0.3 is 0 Å². The number of nitriles is 1. The highest BCUT2D eigenvalue weighted by molar-refractivity contribution is 6.43. The molecular weight excluding hydrogens is 473 g/mol. The average Bonchev–Trinajstić information content (AvgIpc) is 3.50. The summed E-state index contributed by atoms with van der Waals surface area (Å²) < 4.78 is 1.57. The monoisotopic (exact) mass is 495 g/mol. The van der Waals surface area contributed by atoms with Crippen LogP contribution in [0.2, 0.25) is 10.2 Å². The number of benzene rings is 1. The normalized spacial score (nSPS) is 20.0. The van der Waals surface area contributed by atoms with Gasteiger partial charge in [0.05, 0.1) is 27.0 Å². The van der Waals surface area contributed by atoms with Crippen LogP contribution >= 0.6 is 23.2 Å². The fourth-order valence-corrected chi connectivity index (χ4v) is 6.30. The first-order valence-electron chi connectivity index (χ1n) is 11.4. The molecular formula is C23H23Cl2N9. The molecule has 34 heavy (non-hydrogen) atoms. The van der Waals surface area contributed by atoms with Crippen molar-refractivity contribution in [1.82, 2.24) is 29.9 Å². The molecule has 1 aliphatic heterocycles. The van der Waals surface area contributed by atoms with Crippen LogP contribution in [0.15, 0.2) is 12.1 Å². The highest BCUT2D eigenvalue weighted by atomic mass is 35.5. The van der Waals surface area contributed by atoms with E-state index < -0.39 is 0 Å². The number of aromatic nitrogens is 6. The van der Waals surface area contributed by atoms with Crippen LogP contribution in [0, 0.1) is 16.7 Å². The van der Waals surface area contributed by atoms with E-state index in [0.717, 1.165) is 32.4 Å². The van der Waals surface area contributed by atoms with E-state index in [1.54, 1.807) is 11.7 Å². The summed E-state index contributed by atoms with van der Waals surface area (Å²) >= 11 is 13.2. The fraction of sp³-hybridized carbons (Fsp3) is 0.435. The molecule has 11 heteroatoms. The molecule has 1 spiro atoms. The number of anilines is 1. The molecule has 174 valence electrons. The first-order valence-corrected chi connectivity index (χ1v) is 12.2. The van der Waals surface area contributed by atoms with Gasteiger partial charge in [0.2, 0.25) is 5.95 Å². The first kappa shape index (κ1) is 21.6. The number of hydrogen-bond acceptors (Lipinski definition) is 7. The lowest BCUT2D eigenvalue weighted by Crippen LogP contribution is -2.47. The molecule has 1 atom stereocenters. The van der Waals surface area contributed by atoms with Crippen LogP contribution in [0.3, 0.4) is 0 Å². The second kappa shape index (κ2) is 7.80. The van der Waals surface area contributed by atoms with Gasteiger partial charge in [-0.05, 0) is 43.2 Å². The highest BCUT2D eigenvalue weighted by Crippen LogP contribution is 2.46. The van der Waals surface area contributed by atoms with Gasteiger partial charge in [0.15, 0.2) is 11.3 Å². The van der Waals surface area contributed by atoms with E-state index in [1.807, 2.05) is 12.1 Å². The van der Waals surface area contributed by atoms with E-state index in [4.69, 9.17) is 33.9 Å². The van der Waals surface area contributed by atoms with Crippen LogP contribution in [-0.4, -0.2) is 49.1 Å². The standard InChI is InChI=1S/C23H23Cl2N9/c1-33-20(25)16-13(32-33)5-4-12(18(16)24)19-17-14(11-26)28-22(29-21(17)31-30-19)34-9-7-23(8-10-34)6-2-3-15(23)27/h4-5,15H,2-3,6-10,27H2,1H3,(H,28,29,30,31)/t15-/m1/s1. The van der Waals surface area contributed by atoms with E-state index in [2.05, 4.69) is 31.2 Å². The molecule has 0 bridgehead atoms. The zero-order valence-electron chi connectivity index (χ0n) is 18.6. The van der Waals surface area contributed by atoms with Crippen molar-refractivity contribution >= 4 is 51.1 Å². The number of aryl methyl sites for hydroxylation is 1. The third-order valence-corrected chi connectivity index (χ3v) is 8.49. The lowest BCUT2D eigenvalue weighted by Gasteiger charge is -2.42. The predicted octanol–water partition coefficient (Wildman–Crippen LogP) is 4.18. The smallest absolute Gasteiger partial charge is 0.228 e. The zero-order valence-corrected chi connectivity index (χ0v) is 20.2. The molecule has 1 aromatic carbocycles. The summed E-state index contributed by atoms with van der Waals surface area (Å²) in [5.74, 6) is 0.528. The molecule has 6 rings (SSSR count). The summed E-state index contributed by atoms with van der Waals surface area (Å²) in [4.78, 5) is 11.5. The first-order chi connectivity index (χ1) is 16.4. The van der Waals surface area contributed by atoms with E-state index >= 15 is 0 Å². The number of rotatable bonds is 2. The van der Waals surface area contributed by atoms with Crippen molar-refractivity contribution in [3.8, 4) is 17.3 Å². The lowest BCUT2D eigenvalue weighted by molar-refractivity contribution is 0.197. The van der Waals surface area contributed by atoms with Crippen LogP contribution in [0.25, 0.3) is 33.2 Å². The molecule has 1 saturated carbocycles. The lowest BCUT2D eigenvalue weighted by atomic mass is 9.74. The average molecular weight is 496 g/mol. The van der Waals surface area contributed by atoms with Crippen molar-refractivity contribution in [2.75, 3.05) is 18.0 Å². The summed E-state index contributed by atoms with van der Waals surface area (Å²) in [5, 5.41) is 23.8. The number of aromatic amines is 1. The number of nitrogens with one attached hydrogen (secondary N) is 1. The van der Waals surface area contributed by atoms with Crippen molar-refractivity contribution < 1.29 is 0 Å². The summed E-state index contributed by atoms with van der Waals surface area (Å²) in [7, 11) is 1.76. The minimum Gasteiger partial charge on any atom is -0.341 e. The molecule has 9 nitrogen and oxygen atoms in total. The minimum absolute atomic E-state index is 0.237. The minimum atomic E-state index is 0.237. The van der Waals surface area contributed by atoms with E-state index in [9.17, 15) is 5.26 Å². The van der Waals surface area contributed by atoms with Gasteiger partial charge in [-0.2, -0.15) is 20.4 Å². The maximum absolute atomic E-state index is 9.95. The quantitative estimate of drug-likeness (QED) is 0.426. The largest absolute Gasteiger partial charge is 0.341 e. The Hall–Kier alpha value is -2.93. The van der Waals surface area contributed by atoms with Gasteiger partial charge in [0, 0.05) is 31.7 Å². The number of H-pyrrole nitrogens is 1. The van der Waals surface area contributed by atoms with Gasteiger partial charge in [-0.15, -0.1) is 0 Å². The molecule has 3 aromatic heterocycles. The Morgan fingerprint density at radius 1 is 1.18 bits per heavy atom. The Morgan fingerprint density at radius 3 is 2.68 bits per heavy atom. The Morgan fingerprint density at radius 2 is 1.97 bits per heavy atom. The summed E-state index contributed by atoms with van der Waals surface area (Å²) in [6.07, 6.45) is 5.54. The Bertz CT molecular complexity index is 1470. The van der Waals surface area contributed by atoms with E-state index in [-0.39, 0.29) is 17.2 Å². The number of piperidine rings is 1. The summed E-state index contributed by atoms with van der Waals surface area (Å²) in [5.41, 5.74) is 9.30. The van der Waals surface area contributed by atoms with Crippen molar-refractivity contribution in [2.24, 2.45) is 18.2 Å². The number of nitrogens with zero attached hydrogens (tertiary/aromatic N) is 7. The molecule has 1 saturated heterocycles. The molecule has 2 aliphatic rings. The van der Waals surface area contributed by atoms with Crippen molar-refractivity contribution in [3.05, 3.63) is 28.0 Å². The van der Waals surface area contributed by atoms with Crippen molar-refractivity contribution in [3.63, 3.8) is 0 Å². The molecule has 4 aromatic rings. The van der Waals surface area contributed by atoms with Gasteiger partial charge in [-0.3, -0.25) is 9.78 Å². The number of hydrogen-bond donors (Lipinski definition) is 2. The van der Waals surface area contributed by atoms with Crippen LogP contribution in [0.1, 0.15) is 37.8 Å². The van der Waals surface area contributed by atoms with Crippen molar-refractivity contribution in [2.45, 2.75) is 38.1 Å². The highest BCUT2D eigenvalue weighted by Gasteiger charge is 2.43. The Labute approximate surface area is 205 Å². The van der Waals surface area contributed by atoms with Gasteiger partial charge in [0.1, 0.15) is 11.2 Å². The van der Waals surface area contributed by atoms with Crippen LogP contribution in [0.4, 0.5) is 5.95 Å². The number of halogens is 2. The molecule has 2 fully saturated rings. The van der Waals surface area contributed by atoms with Crippen LogP contribution in [-0.2, 0) is 7.05 Å². The molecule has 0 radical (unpaired) electrons. The van der Waals surface area contributed by atoms with E-state index in [1.165, 1.54) is 12.8 Å². The van der Waals surface area contributed by atoms with E-state index in [0.29, 0.717) is 49.3 Å². The van der Waals surface area contributed by atoms with Crippen LogP contribution in [0.5, 0.6) is 0 Å². The molecule has 3 N–H and O–H groups in total. The third-order valence-electron chi connectivity index (χ3n) is 7.66. The molecule has 0 unspecified atom stereocenters. The zero-order chi connectivity index (χ0) is 23.6. The molecule has 0 amide bonds.